The molecule has 1 spiro atoms. The van der Waals surface area contributed by atoms with Gasteiger partial charge in [0.15, 0.2) is 6.61 Å². The summed E-state index contributed by atoms with van der Waals surface area (Å²) < 4.78 is 17.4. The molecule has 0 saturated carbocycles. The van der Waals surface area contributed by atoms with Gasteiger partial charge in [-0.15, -0.1) is 0 Å². The Morgan fingerprint density at radius 1 is 1.14 bits per heavy atom. The highest BCUT2D eigenvalue weighted by molar-refractivity contribution is 5.66. The number of fused-ring (bicyclic) bond motifs is 2. The number of carboxylic acid groups (broad SMARTS) is 1. The van der Waals surface area contributed by atoms with Crippen molar-refractivity contribution in [3.63, 3.8) is 0 Å². The van der Waals surface area contributed by atoms with Crippen molar-refractivity contribution in [2.75, 3.05) is 26.2 Å². The van der Waals surface area contributed by atoms with Gasteiger partial charge in [-0.2, -0.15) is 4.98 Å². The number of nitrogens with zero attached hydrogens (tertiary/aromatic N) is 3. The maximum absolute atomic E-state index is 10.9. The lowest BCUT2D eigenvalue weighted by molar-refractivity contribution is -0.137. The number of carboxylic acids is 1. The van der Waals surface area contributed by atoms with Crippen molar-refractivity contribution < 1.29 is 23.9 Å². The van der Waals surface area contributed by atoms with Crippen molar-refractivity contribution in [1.29, 1.82) is 0 Å². The summed E-state index contributed by atoms with van der Waals surface area (Å²) in [5.41, 5.74) is 3.46. The number of rotatable bonds is 7. The molecule has 2 aromatic carbocycles. The first kappa shape index (κ1) is 24.3. The Hall–Kier alpha value is -3.39. The van der Waals surface area contributed by atoms with Crippen LogP contribution in [0.2, 0.25) is 0 Å². The fraction of sp³-hybridized carbons (Fsp3) is 0.464. The van der Waals surface area contributed by atoms with Crippen LogP contribution in [0.25, 0.3) is 11.4 Å². The van der Waals surface area contributed by atoms with Crippen LogP contribution in [0.5, 0.6) is 11.5 Å². The van der Waals surface area contributed by atoms with Crippen molar-refractivity contribution in [2.45, 2.75) is 57.5 Å². The number of ether oxygens (including phenoxy) is 2. The SMILES string of the molecule is CC(C)(C)c1ccc(-c2noc(COc3ccc4c(c3)OCC43CCN(CCC(=O)O)CC3)n2)cc1. The van der Waals surface area contributed by atoms with Gasteiger partial charge in [0, 0.05) is 29.2 Å². The maximum Gasteiger partial charge on any atom is 0.304 e. The van der Waals surface area contributed by atoms with Crippen LogP contribution in [-0.4, -0.2) is 52.4 Å². The zero-order chi connectivity index (χ0) is 25.3. The van der Waals surface area contributed by atoms with Crippen molar-refractivity contribution in [1.82, 2.24) is 15.0 Å². The van der Waals surface area contributed by atoms with Gasteiger partial charge in [0.25, 0.3) is 5.89 Å². The van der Waals surface area contributed by atoms with E-state index in [0.717, 1.165) is 37.2 Å². The van der Waals surface area contributed by atoms with Gasteiger partial charge in [0.1, 0.15) is 11.5 Å². The second-order valence-corrected chi connectivity index (χ2v) is 10.8. The Balaban J connectivity index is 1.19. The van der Waals surface area contributed by atoms with E-state index in [1.165, 1.54) is 11.1 Å². The van der Waals surface area contributed by atoms with E-state index < -0.39 is 5.97 Å². The Morgan fingerprint density at radius 2 is 1.89 bits per heavy atom. The Morgan fingerprint density at radius 3 is 2.58 bits per heavy atom. The van der Waals surface area contributed by atoms with E-state index in [1.54, 1.807) is 0 Å². The molecule has 3 heterocycles. The van der Waals surface area contributed by atoms with Crippen LogP contribution in [0.3, 0.4) is 0 Å². The fourth-order valence-electron chi connectivity index (χ4n) is 5.01. The molecule has 1 fully saturated rings. The van der Waals surface area contributed by atoms with Crippen LogP contribution >= 0.6 is 0 Å². The van der Waals surface area contributed by atoms with Gasteiger partial charge in [-0.3, -0.25) is 4.79 Å². The average Bonchev–Trinajstić information content (AvgIpc) is 3.47. The first-order chi connectivity index (χ1) is 17.2. The van der Waals surface area contributed by atoms with Crippen LogP contribution in [0.1, 0.15) is 57.1 Å². The molecular weight excluding hydrogens is 458 g/mol. The highest BCUT2D eigenvalue weighted by Gasteiger charge is 2.43. The lowest BCUT2D eigenvalue weighted by atomic mass is 9.74. The summed E-state index contributed by atoms with van der Waals surface area (Å²) in [5.74, 6) is 1.76. The molecule has 3 aromatic rings. The molecule has 0 amide bonds. The van der Waals surface area contributed by atoms with E-state index in [0.29, 0.717) is 30.6 Å². The smallest absolute Gasteiger partial charge is 0.304 e. The summed E-state index contributed by atoms with van der Waals surface area (Å²) in [7, 11) is 0. The molecule has 8 nitrogen and oxygen atoms in total. The lowest BCUT2D eigenvalue weighted by Crippen LogP contribution is -2.44. The van der Waals surface area contributed by atoms with Crippen molar-refractivity contribution >= 4 is 5.97 Å². The van der Waals surface area contributed by atoms with Crippen LogP contribution in [0.15, 0.2) is 47.0 Å². The highest BCUT2D eigenvalue weighted by Crippen LogP contribution is 2.46. The van der Waals surface area contributed by atoms with Gasteiger partial charge in [0.05, 0.1) is 13.0 Å². The minimum absolute atomic E-state index is 0.00247. The highest BCUT2D eigenvalue weighted by atomic mass is 16.5. The normalized spacial score (nSPS) is 17.1. The van der Waals surface area contributed by atoms with Gasteiger partial charge < -0.3 is 24.0 Å². The van der Waals surface area contributed by atoms with Gasteiger partial charge in [0.2, 0.25) is 5.82 Å². The maximum atomic E-state index is 10.9. The Kier molecular flexibility index (Phi) is 6.47. The molecule has 190 valence electrons. The number of hydrogen-bond donors (Lipinski definition) is 1. The fourth-order valence-corrected chi connectivity index (χ4v) is 5.01. The first-order valence-electron chi connectivity index (χ1n) is 12.5. The largest absolute Gasteiger partial charge is 0.492 e. The summed E-state index contributed by atoms with van der Waals surface area (Å²) in [6.07, 6.45) is 2.11. The van der Waals surface area contributed by atoms with Crippen molar-refractivity contribution in [3.8, 4) is 22.9 Å². The molecule has 0 unspecified atom stereocenters. The molecule has 1 aromatic heterocycles. The third-order valence-electron chi connectivity index (χ3n) is 7.32. The Bertz CT molecular complexity index is 1220. The van der Waals surface area contributed by atoms with Gasteiger partial charge in [-0.05, 0) is 43.0 Å². The van der Waals surface area contributed by atoms with E-state index >= 15 is 0 Å². The van der Waals surface area contributed by atoms with Crippen LogP contribution in [0.4, 0.5) is 0 Å². The molecule has 0 atom stereocenters. The zero-order valence-electron chi connectivity index (χ0n) is 21.1. The molecule has 5 rings (SSSR count). The van der Waals surface area contributed by atoms with Gasteiger partial charge in [-0.1, -0.05) is 56.3 Å². The molecule has 0 aliphatic carbocycles. The predicted molar refractivity (Wildman–Crippen MR) is 134 cm³/mol. The van der Waals surface area contributed by atoms with E-state index in [4.69, 9.17) is 19.1 Å². The number of benzene rings is 2. The van der Waals surface area contributed by atoms with E-state index in [2.05, 4.69) is 54.0 Å². The standard InChI is InChI=1S/C28H33N3O5/c1-27(2,3)20-6-4-19(5-7-20)26-29-24(36-30-26)17-34-21-8-9-22-23(16-21)35-18-28(22)11-14-31(15-12-28)13-10-25(32)33/h4-9,16H,10-15,17-18H2,1-3H3,(H,32,33). The quantitative estimate of drug-likeness (QED) is 0.503. The molecule has 36 heavy (non-hydrogen) atoms. The third kappa shape index (κ3) is 5.09. The molecule has 0 radical (unpaired) electrons. The van der Waals surface area contributed by atoms with Crippen LogP contribution < -0.4 is 9.47 Å². The third-order valence-corrected chi connectivity index (χ3v) is 7.32. The first-order valence-corrected chi connectivity index (χ1v) is 12.5. The lowest BCUT2D eigenvalue weighted by Gasteiger charge is -2.38. The number of aliphatic carboxylic acids is 1. The average molecular weight is 492 g/mol. The predicted octanol–water partition coefficient (Wildman–Crippen LogP) is 4.81. The molecule has 2 aliphatic rings. The summed E-state index contributed by atoms with van der Waals surface area (Å²) in [6, 6.07) is 14.2. The van der Waals surface area contributed by atoms with Crippen molar-refractivity contribution in [2.24, 2.45) is 0 Å². The second kappa shape index (κ2) is 9.58. The molecular formula is C28H33N3O5. The number of likely N-dealkylation sites (tertiary alicyclic amines) is 1. The van der Waals surface area contributed by atoms with E-state index in [1.807, 2.05) is 24.3 Å². The molecule has 0 bridgehead atoms. The number of carbonyl (C=O) groups is 1. The topological polar surface area (TPSA) is 97.9 Å². The van der Waals surface area contributed by atoms with Gasteiger partial charge >= 0.3 is 5.97 Å². The molecule has 1 saturated heterocycles. The summed E-state index contributed by atoms with van der Waals surface area (Å²) >= 11 is 0. The van der Waals surface area contributed by atoms with E-state index in [-0.39, 0.29) is 23.9 Å². The zero-order valence-corrected chi connectivity index (χ0v) is 21.1. The second-order valence-electron chi connectivity index (χ2n) is 10.8. The minimum Gasteiger partial charge on any atom is -0.492 e. The van der Waals surface area contributed by atoms with Crippen molar-refractivity contribution in [3.05, 3.63) is 59.5 Å². The Labute approximate surface area is 211 Å². The molecule has 1 N–H and O–H groups in total. The monoisotopic (exact) mass is 491 g/mol. The van der Waals surface area contributed by atoms with Gasteiger partial charge in [-0.25, -0.2) is 0 Å². The number of piperidine rings is 1. The van der Waals surface area contributed by atoms with E-state index in [9.17, 15) is 4.79 Å². The van der Waals surface area contributed by atoms with Crippen LogP contribution in [0, 0.1) is 0 Å². The number of hydrogen-bond acceptors (Lipinski definition) is 7. The summed E-state index contributed by atoms with van der Waals surface area (Å²) in [4.78, 5) is 17.6. The molecule has 8 heteroatoms. The summed E-state index contributed by atoms with van der Waals surface area (Å²) in [5, 5.41) is 13.0. The molecule has 2 aliphatic heterocycles. The van der Waals surface area contributed by atoms with Crippen LogP contribution in [-0.2, 0) is 22.2 Å². The summed E-state index contributed by atoms with van der Waals surface area (Å²) in [6.45, 7) is 9.75. The minimum atomic E-state index is -0.746. The number of aromatic nitrogens is 2.